The van der Waals surface area contributed by atoms with E-state index in [1.165, 1.54) is 15.6 Å². The third-order valence-electron chi connectivity index (χ3n) is 2.40. The molecule has 0 radical (unpaired) electrons. The fourth-order valence-corrected chi connectivity index (χ4v) is 3.50. The molecule has 0 saturated carbocycles. The van der Waals surface area contributed by atoms with E-state index in [4.69, 9.17) is 0 Å². The first-order valence-electron chi connectivity index (χ1n) is 5.32. The second-order valence-electron chi connectivity index (χ2n) is 3.69. The zero-order valence-corrected chi connectivity index (χ0v) is 13.2. The first kappa shape index (κ1) is 13.2. The molecule has 0 unspecified atom stereocenters. The van der Waals surface area contributed by atoms with Gasteiger partial charge in [-0.3, -0.25) is 0 Å². The number of hydrogen-bond donors (Lipinski definition) is 0. The van der Waals surface area contributed by atoms with Gasteiger partial charge in [-0.15, -0.1) is 0 Å². The molecular formula is C14H12Br2S. The number of rotatable bonds is 4. The Labute approximate surface area is 123 Å². The lowest BCUT2D eigenvalue weighted by atomic mass is 10.2. The largest absolute Gasteiger partial charge is 0.152 e. The third kappa shape index (κ3) is 3.87. The Morgan fingerprint density at radius 2 is 1.59 bits per heavy atom. The molecule has 2 aromatic carbocycles. The summed E-state index contributed by atoms with van der Waals surface area (Å²) in [7, 11) is 0. The summed E-state index contributed by atoms with van der Waals surface area (Å²) in [6.45, 7) is 0. The quantitative estimate of drug-likeness (QED) is 0.669. The smallest absolute Gasteiger partial charge is 0.0357 e. The molecule has 0 aromatic heterocycles. The van der Waals surface area contributed by atoms with Gasteiger partial charge in [0.25, 0.3) is 0 Å². The van der Waals surface area contributed by atoms with Gasteiger partial charge in [-0.1, -0.05) is 42.5 Å². The average molecular weight is 372 g/mol. The Hall–Kier alpha value is -0.250. The predicted octanol–water partition coefficient (Wildman–Crippen LogP) is 5.65. The van der Waals surface area contributed by atoms with Crippen molar-refractivity contribution < 1.29 is 0 Å². The van der Waals surface area contributed by atoms with E-state index in [9.17, 15) is 0 Å². The molecule has 2 aromatic rings. The van der Waals surface area contributed by atoms with Gasteiger partial charge in [0.15, 0.2) is 0 Å². The molecule has 0 aliphatic carbocycles. The van der Waals surface area contributed by atoms with Gasteiger partial charge in [-0.25, -0.2) is 0 Å². The molecule has 0 aliphatic rings. The summed E-state index contributed by atoms with van der Waals surface area (Å²) in [5.74, 6) is 2.08. The highest BCUT2D eigenvalue weighted by Gasteiger charge is 2.03. The first-order chi connectivity index (χ1) is 8.27. The molecule has 17 heavy (non-hydrogen) atoms. The van der Waals surface area contributed by atoms with E-state index >= 15 is 0 Å². The fraction of sp³-hybridized carbons (Fsp3) is 0.143. The van der Waals surface area contributed by atoms with Crippen molar-refractivity contribution in [1.82, 2.24) is 0 Å². The Bertz CT molecular complexity index is 483. The third-order valence-corrected chi connectivity index (χ3v) is 5.58. The summed E-state index contributed by atoms with van der Waals surface area (Å²) in [5.41, 5.74) is 2.71. The average Bonchev–Trinajstić information content (AvgIpc) is 2.36. The minimum absolute atomic E-state index is 1.02. The van der Waals surface area contributed by atoms with Crippen molar-refractivity contribution in [3.63, 3.8) is 0 Å². The summed E-state index contributed by atoms with van der Waals surface area (Å²) in [4.78, 5) is 0. The van der Waals surface area contributed by atoms with E-state index in [1.54, 1.807) is 0 Å². The molecule has 0 heterocycles. The molecule has 3 heteroatoms. The van der Waals surface area contributed by atoms with Gasteiger partial charge in [0, 0.05) is 20.5 Å². The molecule has 2 rings (SSSR count). The van der Waals surface area contributed by atoms with Crippen LogP contribution in [-0.4, -0.2) is 0 Å². The summed E-state index contributed by atoms with van der Waals surface area (Å²) in [6, 6.07) is 16.9. The zero-order chi connectivity index (χ0) is 12.1. The maximum absolute atomic E-state index is 3.61. The van der Waals surface area contributed by atoms with Crippen LogP contribution in [0.15, 0.2) is 57.5 Å². The van der Waals surface area contributed by atoms with Crippen molar-refractivity contribution in [1.29, 1.82) is 0 Å². The van der Waals surface area contributed by atoms with E-state index in [1.807, 2.05) is 11.8 Å². The number of benzene rings is 2. The standard InChI is InChI=1S/C14H12Br2S/c15-13-8-4-7-12(14(13)16)10-17-9-11-5-2-1-3-6-11/h1-8H,9-10H2. The van der Waals surface area contributed by atoms with Gasteiger partial charge in [0.2, 0.25) is 0 Å². The highest BCUT2D eigenvalue weighted by atomic mass is 79.9. The van der Waals surface area contributed by atoms with E-state index in [-0.39, 0.29) is 0 Å². The van der Waals surface area contributed by atoms with Crippen LogP contribution in [-0.2, 0) is 11.5 Å². The molecule has 0 saturated heterocycles. The molecule has 0 N–H and O–H groups in total. The van der Waals surface area contributed by atoms with Gasteiger partial charge in [-0.2, -0.15) is 11.8 Å². The van der Waals surface area contributed by atoms with Crippen LogP contribution in [0.3, 0.4) is 0 Å². The van der Waals surface area contributed by atoms with Gasteiger partial charge in [-0.05, 0) is 49.1 Å². The second-order valence-corrected chi connectivity index (χ2v) is 6.32. The van der Waals surface area contributed by atoms with Crippen molar-refractivity contribution in [2.75, 3.05) is 0 Å². The fourth-order valence-electron chi connectivity index (χ4n) is 1.51. The van der Waals surface area contributed by atoms with Crippen LogP contribution in [0.5, 0.6) is 0 Å². The molecule has 0 nitrogen and oxygen atoms in total. The summed E-state index contributed by atoms with van der Waals surface area (Å²) < 4.78 is 2.29. The normalized spacial score (nSPS) is 10.5. The van der Waals surface area contributed by atoms with Crippen molar-refractivity contribution in [2.45, 2.75) is 11.5 Å². The van der Waals surface area contributed by atoms with Crippen LogP contribution < -0.4 is 0 Å². The highest BCUT2D eigenvalue weighted by molar-refractivity contribution is 9.13. The van der Waals surface area contributed by atoms with Gasteiger partial charge in [0.05, 0.1) is 0 Å². The monoisotopic (exact) mass is 370 g/mol. The van der Waals surface area contributed by atoms with Gasteiger partial charge in [0.1, 0.15) is 0 Å². The predicted molar refractivity (Wildman–Crippen MR) is 83.3 cm³/mol. The summed E-state index contributed by atoms with van der Waals surface area (Å²) in [6.07, 6.45) is 0. The van der Waals surface area contributed by atoms with Crippen LogP contribution in [0.25, 0.3) is 0 Å². The second kappa shape index (κ2) is 6.62. The minimum atomic E-state index is 1.02. The van der Waals surface area contributed by atoms with Crippen LogP contribution in [0.2, 0.25) is 0 Å². The molecule has 0 spiro atoms. The molecule has 0 aliphatic heterocycles. The van der Waals surface area contributed by atoms with Crippen molar-refractivity contribution in [3.8, 4) is 0 Å². The highest BCUT2D eigenvalue weighted by Crippen LogP contribution is 2.29. The SMILES string of the molecule is Brc1cccc(CSCc2ccccc2)c1Br. The lowest BCUT2D eigenvalue weighted by Crippen LogP contribution is -1.85. The van der Waals surface area contributed by atoms with Crippen LogP contribution in [0.4, 0.5) is 0 Å². The Kier molecular flexibility index (Phi) is 5.14. The van der Waals surface area contributed by atoms with Crippen molar-refractivity contribution in [2.24, 2.45) is 0 Å². The topological polar surface area (TPSA) is 0 Å². The summed E-state index contributed by atoms with van der Waals surface area (Å²) >= 11 is 9.06. The van der Waals surface area contributed by atoms with Crippen molar-refractivity contribution >= 4 is 43.6 Å². The maximum atomic E-state index is 3.61. The van der Waals surface area contributed by atoms with Crippen molar-refractivity contribution in [3.05, 3.63) is 68.6 Å². The first-order valence-corrected chi connectivity index (χ1v) is 8.06. The Balaban J connectivity index is 1.93. The minimum Gasteiger partial charge on any atom is -0.152 e. The lowest BCUT2D eigenvalue weighted by Gasteiger charge is -2.06. The number of halogens is 2. The van der Waals surface area contributed by atoms with Gasteiger partial charge >= 0.3 is 0 Å². The van der Waals surface area contributed by atoms with E-state index in [0.29, 0.717) is 0 Å². The van der Waals surface area contributed by atoms with E-state index in [2.05, 4.69) is 80.4 Å². The number of thioether (sulfide) groups is 1. The molecular weight excluding hydrogens is 360 g/mol. The zero-order valence-electron chi connectivity index (χ0n) is 9.20. The maximum Gasteiger partial charge on any atom is 0.0357 e. The van der Waals surface area contributed by atoms with Crippen LogP contribution in [0, 0.1) is 0 Å². The Morgan fingerprint density at radius 1 is 0.824 bits per heavy atom. The molecule has 0 atom stereocenters. The van der Waals surface area contributed by atoms with Gasteiger partial charge < -0.3 is 0 Å². The molecule has 88 valence electrons. The molecule has 0 amide bonds. The summed E-state index contributed by atoms with van der Waals surface area (Å²) in [5, 5.41) is 0. The molecule has 0 fully saturated rings. The Morgan fingerprint density at radius 3 is 2.35 bits per heavy atom. The van der Waals surface area contributed by atoms with E-state index < -0.39 is 0 Å². The van der Waals surface area contributed by atoms with Crippen LogP contribution >= 0.6 is 43.6 Å². The lowest BCUT2D eigenvalue weighted by molar-refractivity contribution is 1.33. The number of hydrogen-bond acceptors (Lipinski definition) is 1. The van der Waals surface area contributed by atoms with Crippen LogP contribution in [0.1, 0.15) is 11.1 Å². The van der Waals surface area contributed by atoms with E-state index in [0.717, 1.165) is 16.0 Å². The molecule has 0 bridgehead atoms.